The average Bonchev–Trinajstić information content (AvgIpc) is 3.21. The number of benzene rings is 1. The second-order valence-electron chi connectivity index (χ2n) is 11.3. The highest BCUT2D eigenvalue weighted by Crippen LogP contribution is 2.39. The standard InChI is InChI=1S/C30H42N6O2/c1-21(2)34-17-19-35(20-18-34)30(38)23-11-13-24(14-12-23)31-27-16-15-26-28(32-27)36(22(3)29(37)33(26)4)25-9-7-5-6-8-10-25/h11-16,21-22,25H,5-10,17-20H2,1-4H3,(H,31,32)/t22-/m0/s1. The monoisotopic (exact) mass is 518 g/mol. The van der Waals surface area contributed by atoms with E-state index in [1.165, 1.54) is 25.7 Å². The van der Waals surface area contributed by atoms with E-state index in [1.54, 1.807) is 4.90 Å². The maximum absolute atomic E-state index is 13.1. The first-order valence-electron chi connectivity index (χ1n) is 14.3. The van der Waals surface area contributed by atoms with Crippen molar-refractivity contribution in [1.29, 1.82) is 0 Å². The lowest BCUT2D eigenvalue weighted by molar-refractivity contribution is -0.119. The molecule has 1 aliphatic carbocycles. The maximum atomic E-state index is 13.1. The number of hydrogen-bond acceptors (Lipinski definition) is 6. The zero-order chi connectivity index (χ0) is 26.8. The second-order valence-corrected chi connectivity index (χ2v) is 11.3. The van der Waals surface area contributed by atoms with Crippen molar-refractivity contribution in [2.24, 2.45) is 0 Å². The van der Waals surface area contributed by atoms with Crippen LogP contribution in [-0.2, 0) is 4.79 Å². The van der Waals surface area contributed by atoms with E-state index in [0.29, 0.717) is 17.6 Å². The average molecular weight is 519 g/mol. The molecule has 1 atom stereocenters. The molecule has 3 aliphatic rings. The molecule has 1 saturated carbocycles. The number of likely N-dealkylation sites (N-methyl/N-ethyl adjacent to an activating group) is 1. The number of anilines is 4. The first kappa shape index (κ1) is 26.5. The number of pyridine rings is 1. The number of aromatic nitrogens is 1. The molecule has 1 N–H and O–H groups in total. The summed E-state index contributed by atoms with van der Waals surface area (Å²) in [6.07, 6.45) is 7.12. The van der Waals surface area contributed by atoms with Gasteiger partial charge in [0, 0.05) is 56.6 Å². The van der Waals surface area contributed by atoms with Crippen molar-refractivity contribution in [1.82, 2.24) is 14.8 Å². The molecular weight excluding hydrogens is 476 g/mol. The quantitative estimate of drug-likeness (QED) is 0.569. The molecule has 8 heteroatoms. The fourth-order valence-electron chi connectivity index (χ4n) is 6.16. The summed E-state index contributed by atoms with van der Waals surface area (Å²) in [5, 5.41) is 3.42. The lowest BCUT2D eigenvalue weighted by Crippen LogP contribution is -2.55. The van der Waals surface area contributed by atoms with Gasteiger partial charge in [0.15, 0.2) is 5.82 Å². The SMILES string of the molecule is CC(C)N1CCN(C(=O)c2ccc(Nc3ccc4c(n3)N(C3CCCCCC3)[C@@H](C)C(=O)N4C)cc2)CC1. The fourth-order valence-corrected chi connectivity index (χ4v) is 6.16. The van der Waals surface area contributed by atoms with Gasteiger partial charge >= 0.3 is 0 Å². The minimum Gasteiger partial charge on any atom is -0.340 e. The highest BCUT2D eigenvalue weighted by Gasteiger charge is 2.38. The van der Waals surface area contributed by atoms with Crippen molar-refractivity contribution in [3.8, 4) is 0 Å². The summed E-state index contributed by atoms with van der Waals surface area (Å²) in [6, 6.07) is 12.2. The summed E-state index contributed by atoms with van der Waals surface area (Å²) >= 11 is 0. The predicted molar refractivity (Wildman–Crippen MR) is 153 cm³/mol. The Balaban J connectivity index is 1.31. The Morgan fingerprint density at radius 1 is 0.947 bits per heavy atom. The Labute approximate surface area is 227 Å². The molecule has 0 radical (unpaired) electrons. The van der Waals surface area contributed by atoms with Crippen LogP contribution in [0, 0.1) is 0 Å². The molecule has 5 rings (SSSR count). The highest BCUT2D eigenvalue weighted by atomic mass is 16.2. The van der Waals surface area contributed by atoms with Gasteiger partial charge in [-0.15, -0.1) is 0 Å². The Bertz CT molecular complexity index is 1130. The predicted octanol–water partition coefficient (Wildman–Crippen LogP) is 4.89. The van der Waals surface area contributed by atoms with Crippen LogP contribution in [-0.4, -0.2) is 78.0 Å². The Morgan fingerprint density at radius 2 is 1.61 bits per heavy atom. The van der Waals surface area contributed by atoms with Crippen molar-refractivity contribution < 1.29 is 9.59 Å². The molecule has 2 amide bonds. The van der Waals surface area contributed by atoms with Crippen molar-refractivity contribution in [3.05, 3.63) is 42.0 Å². The van der Waals surface area contributed by atoms with Gasteiger partial charge < -0.3 is 20.0 Å². The van der Waals surface area contributed by atoms with Gasteiger partial charge in [-0.05, 0) is 70.0 Å². The van der Waals surface area contributed by atoms with Gasteiger partial charge in [0.25, 0.3) is 5.91 Å². The lowest BCUT2D eigenvalue weighted by Gasteiger charge is -2.43. The summed E-state index contributed by atoms with van der Waals surface area (Å²) in [5.74, 6) is 1.83. The molecule has 38 heavy (non-hydrogen) atoms. The fraction of sp³-hybridized carbons (Fsp3) is 0.567. The first-order chi connectivity index (χ1) is 18.3. The molecular formula is C30H42N6O2. The molecule has 1 aromatic carbocycles. The minimum absolute atomic E-state index is 0.0904. The minimum atomic E-state index is -0.231. The number of hydrogen-bond donors (Lipinski definition) is 1. The Morgan fingerprint density at radius 3 is 2.24 bits per heavy atom. The smallest absolute Gasteiger partial charge is 0.253 e. The second kappa shape index (κ2) is 11.3. The van der Waals surface area contributed by atoms with Crippen molar-refractivity contribution in [2.75, 3.05) is 48.3 Å². The molecule has 2 aliphatic heterocycles. The summed E-state index contributed by atoms with van der Waals surface area (Å²) in [5.41, 5.74) is 2.45. The van der Waals surface area contributed by atoms with Gasteiger partial charge in [-0.3, -0.25) is 14.5 Å². The van der Waals surface area contributed by atoms with Crippen LogP contribution in [0.5, 0.6) is 0 Å². The van der Waals surface area contributed by atoms with Crippen molar-refractivity contribution in [2.45, 2.75) is 77.4 Å². The molecule has 0 spiro atoms. The summed E-state index contributed by atoms with van der Waals surface area (Å²) < 4.78 is 0. The van der Waals surface area contributed by atoms with E-state index in [4.69, 9.17) is 4.98 Å². The van der Waals surface area contributed by atoms with Gasteiger partial charge in [-0.1, -0.05) is 25.7 Å². The van der Waals surface area contributed by atoms with Gasteiger partial charge in [-0.25, -0.2) is 4.98 Å². The van der Waals surface area contributed by atoms with E-state index in [-0.39, 0.29) is 17.9 Å². The first-order valence-corrected chi connectivity index (χ1v) is 14.3. The van der Waals surface area contributed by atoms with Crippen LogP contribution in [0.15, 0.2) is 36.4 Å². The van der Waals surface area contributed by atoms with Crippen LogP contribution in [0.3, 0.4) is 0 Å². The van der Waals surface area contributed by atoms with Crippen molar-refractivity contribution in [3.63, 3.8) is 0 Å². The topological polar surface area (TPSA) is 72.0 Å². The molecule has 3 heterocycles. The lowest BCUT2D eigenvalue weighted by atomic mass is 10.0. The van der Waals surface area contributed by atoms with Crippen LogP contribution < -0.4 is 15.1 Å². The summed E-state index contributed by atoms with van der Waals surface area (Å²) in [6.45, 7) is 9.79. The van der Waals surface area contributed by atoms with Crippen LogP contribution in [0.2, 0.25) is 0 Å². The third-order valence-corrected chi connectivity index (χ3v) is 8.52. The molecule has 1 saturated heterocycles. The largest absolute Gasteiger partial charge is 0.340 e. The third-order valence-electron chi connectivity index (χ3n) is 8.52. The number of piperazine rings is 1. The van der Waals surface area contributed by atoms with E-state index in [1.807, 2.05) is 55.3 Å². The normalized spacial score (nSPS) is 21.4. The summed E-state index contributed by atoms with van der Waals surface area (Å²) in [7, 11) is 1.84. The zero-order valence-corrected chi connectivity index (χ0v) is 23.3. The Hall–Kier alpha value is -3.13. The number of nitrogens with zero attached hydrogens (tertiary/aromatic N) is 5. The van der Waals surface area contributed by atoms with E-state index >= 15 is 0 Å². The van der Waals surface area contributed by atoms with E-state index < -0.39 is 0 Å². The number of nitrogens with one attached hydrogen (secondary N) is 1. The molecule has 2 aromatic rings. The van der Waals surface area contributed by atoms with E-state index in [9.17, 15) is 9.59 Å². The van der Waals surface area contributed by atoms with Crippen LogP contribution in [0.1, 0.15) is 69.7 Å². The Kier molecular flexibility index (Phi) is 7.88. The third kappa shape index (κ3) is 5.37. The van der Waals surface area contributed by atoms with E-state index in [2.05, 4.69) is 29.0 Å². The van der Waals surface area contributed by atoms with Crippen LogP contribution in [0.25, 0.3) is 0 Å². The summed E-state index contributed by atoms with van der Waals surface area (Å²) in [4.78, 5) is 39.5. The van der Waals surface area contributed by atoms with Crippen molar-refractivity contribution >= 4 is 34.8 Å². The number of fused-ring (bicyclic) bond motifs is 1. The number of carbonyl (C=O) groups excluding carboxylic acids is 2. The molecule has 0 unspecified atom stereocenters. The number of carbonyl (C=O) groups is 2. The number of rotatable bonds is 5. The highest BCUT2D eigenvalue weighted by molar-refractivity contribution is 6.04. The maximum Gasteiger partial charge on any atom is 0.253 e. The molecule has 0 bridgehead atoms. The van der Waals surface area contributed by atoms with Crippen LogP contribution >= 0.6 is 0 Å². The van der Waals surface area contributed by atoms with Gasteiger partial charge in [-0.2, -0.15) is 0 Å². The number of amides is 2. The zero-order valence-electron chi connectivity index (χ0n) is 23.3. The van der Waals surface area contributed by atoms with Crippen LogP contribution in [0.4, 0.5) is 23.0 Å². The molecule has 204 valence electrons. The molecule has 1 aromatic heterocycles. The van der Waals surface area contributed by atoms with E-state index in [0.717, 1.165) is 62.0 Å². The van der Waals surface area contributed by atoms with Gasteiger partial charge in [0.05, 0.1) is 5.69 Å². The molecule has 8 nitrogen and oxygen atoms in total. The molecule has 2 fully saturated rings. The van der Waals surface area contributed by atoms with Gasteiger partial charge in [0.1, 0.15) is 11.9 Å². The van der Waals surface area contributed by atoms with Gasteiger partial charge in [0.2, 0.25) is 5.91 Å².